The largest absolute Gasteiger partial charge is 0.618 e. The molecule has 0 fully saturated rings. The van der Waals surface area contributed by atoms with E-state index in [1.165, 1.54) is 13.2 Å². The number of rotatable bonds is 5. The fourth-order valence-corrected chi connectivity index (χ4v) is 1.89. The Labute approximate surface area is 101 Å². The Morgan fingerprint density at radius 1 is 1.65 bits per heavy atom. The van der Waals surface area contributed by atoms with Gasteiger partial charge in [-0.15, -0.1) is 0 Å². The second-order valence-corrected chi connectivity index (χ2v) is 4.10. The minimum Gasteiger partial charge on any atom is -0.618 e. The molecule has 17 heavy (non-hydrogen) atoms. The van der Waals surface area contributed by atoms with E-state index in [0.29, 0.717) is 10.5 Å². The van der Waals surface area contributed by atoms with Crippen LogP contribution >= 0.6 is 11.8 Å². The van der Waals surface area contributed by atoms with Crippen molar-refractivity contribution < 1.29 is 19.2 Å². The fraction of sp³-hybridized carbons (Fsp3) is 0.333. The van der Waals surface area contributed by atoms with Gasteiger partial charge in [0, 0.05) is 5.75 Å². The third-order valence-corrected chi connectivity index (χ3v) is 2.87. The monoisotopic (exact) mass is 258 g/mol. The van der Waals surface area contributed by atoms with Crippen LogP contribution in [0.25, 0.3) is 0 Å². The molecule has 0 amide bonds. The first-order valence-corrected chi connectivity index (χ1v) is 5.60. The van der Waals surface area contributed by atoms with Crippen LogP contribution in [0.5, 0.6) is 0 Å². The molecule has 0 aliphatic rings. The van der Waals surface area contributed by atoms with Crippen LogP contribution in [0.2, 0.25) is 0 Å². The first-order valence-electron chi connectivity index (χ1n) is 4.62. The average molecular weight is 258 g/mol. The molecule has 7 nitrogen and oxygen atoms in total. The number of pyridine rings is 1. The van der Waals surface area contributed by atoms with Crippen LogP contribution in [-0.2, 0) is 9.53 Å². The Balaban J connectivity index is 2.66. The molecule has 1 rings (SSSR count). The Morgan fingerprint density at radius 2 is 2.35 bits per heavy atom. The Hall–Kier alpha value is -1.83. The highest BCUT2D eigenvalue weighted by Gasteiger charge is 2.14. The minimum atomic E-state index is -0.579. The van der Waals surface area contributed by atoms with Gasteiger partial charge in [0.05, 0.1) is 30.6 Å². The Bertz CT molecular complexity index is 437. The van der Waals surface area contributed by atoms with Crippen LogP contribution in [0, 0.1) is 15.3 Å². The van der Waals surface area contributed by atoms with Gasteiger partial charge in [-0.2, -0.15) is 4.73 Å². The standard InChI is InChI=1S/C9H10N2O5S/c1-16-9(12)3-5-17-8-6-7(11(14)15)2-4-10(8)13/h2,4,6H,3,5H2,1H3. The summed E-state index contributed by atoms with van der Waals surface area (Å²) in [6, 6.07) is 2.30. The lowest BCUT2D eigenvalue weighted by atomic mass is 10.4. The highest BCUT2D eigenvalue weighted by molar-refractivity contribution is 7.99. The smallest absolute Gasteiger partial charge is 0.306 e. The highest BCUT2D eigenvalue weighted by atomic mass is 32.2. The molecule has 0 saturated heterocycles. The third kappa shape index (κ3) is 3.91. The van der Waals surface area contributed by atoms with E-state index in [2.05, 4.69) is 4.74 Å². The number of hydrogen-bond acceptors (Lipinski definition) is 6. The van der Waals surface area contributed by atoms with Crippen molar-refractivity contribution in [2.75, 3.05) is 12.9 Å². The summed E-state index contributed by atoms with van der Waals surface area (Å²) in [4.78, 5) is 20.8. The molecule has 1 aromatic rings. The van der Waals surface area contributed by atoms with Crippen molar-refractivity contribution in [3.05, 3.63) is 33.7 Å². The zero-order valence-electron chi connectivity index (χ0n) is 8.99. The number of nitro groups is 1. The molecule has 0 radical (unpaired) electrons. The molecule has 0 aliphatic heterocycles. The number of carbonyl (C=O) groups is 1. The molecule has 8 heteroatoms. The maximum absolute atomic E-state index is 11.3. The van der Waals surface area contributed by atoms with Crippen LogP contribution in [-0.4, -0.2) is 23.8 Å². The Morgan fingerprint density at radius 3 is 2.94 bits per heavy atom. The van der Waals surface area contributed by atoms with E-state index in [1.54, 1.807) is 0 Å². The van der Waals surface area contributed by atoms with E-state index in [4.69, 9.17) is 0 Å². The van der Waals surface area contributed by atoms with Crippen LogP contribution in [0.3, 0.4) is 0 Å². The van der Waals surface area contributed by atoms with E-state index in [-0.39, 0.29) is 23.1 Å². The molecular formula is C9H10N2O5S. The molecule has 0 bridgehead atoms. The SMILES string of the molecule is COC(=O)CCSc1cc([N+](=O)[O-])cc[n+]1[O-]. The van der Waals surface area contributed by atoms with Crippen molar-refractivity contribution in [3.63, 3.8) is 0 Å². The summed E-state index contributed by atoms with van der Waals surface area (Å²) >= 11 is 1.07. The average Bonchev–Trinajstić information content (AvgIpc) is 2.30. The van der Waals surface area contributed by atoms with Crippen molar-refractivity contribution in [2.24, 2.45) is 0 Å². The number of nitrogens with zero attached hydrogens (tertiary/aromatic N) is 2. The number of carbonyl (C=O) groups excluding carboxylic acids is 1. The van der Waals surface area contributed by atoms with Crippen LogP contribution in [0.4, 0.5) is 5.69 Å². The summed E-state index contributed by atoms with van der Waals surface area (Å²) in [5, 5.41) is 22.0. The van der Waals surface area contributed by atoms with Crippen molar-refractivity contribution in [1.29, 1.82) is 0 Å². The van der Waals surface area contributed by atoms with Gasteiger partial charge in [-0.3, -0.25) is 14.9 Å². The van der Waals surface area contributed by atoms with Gasteiger partial charge in [-0.1, -0.05) is 11.8 Å². The zero-order valence-corrected chi connectivity index (χ0v) is 9.81. The maximum atomic E-state index is 11.3. The number of hydrogen-bond donors (Lipinski definition) is 0. The van der Waals surface area contributed by atoms with Gasteiger partial charge >= 0.3 is 5.97 Å². The molecule has 0 aromatic carbocycles. The molecular weight excluding hydrogens is 248 g/mol. The summed E-state index contributed by atoms with van der Waals surface area (Å²) < 4.78 is 4.96. The van der Waals surface area contributed by atoms with Gasteiger partial charge in [0.15, 0.2) is 6.20 Å². The highest BCUT2D eigenvalue weighted by Crippen LogP contribution is 2.19. The lowest BCUT2D eigenvalue weighted by Gasteiger charge is -2.03. The molecule has 0 unspecified atom stereocenters. The van der Waals surface area contributed by atoms with Gasteiger partial charge in [-0.25, -0.2) is 0 Å². The lowest BCUT2D eigenvalue weighted by molar-refractivity contribution is -0.646. The topological polar surface area (TPSA) is 96.4 Å². The predicted octanol–water partition coefficient (Wildman–Crippen LogP) is 0.883. The maximum Gasteiger partial charge on any atom is 0.306 e. The second kappa shape index (κ2) is 6.04. The molecule has 1 heterocycles. The van der Waals surface area contributed by atoms with Crippen molar-refractivity contribution >= 4 is 23.4 Å². The Kier molecular flexibility index (Phi) is 4.70. The first-order chi connectivity index (χ1) is 8.04. The molecule has 0 saturated carbocycles. The van der Waals surface area contributed by atoms with E-state index >= 15 is 0 Å². The van der Waals surface area contributed by atoms with Crippen LogP contribution in [0.15, 0.2) is 23.4 Å². The number of methoxy groups -OCH3 is 1. The molecule has 0 atom stereocenters. The predicted molar refractivity (Wildman–Crippen MR) is 59.4 cm³/mol. The fourth-order valence-electron chi connectivity index (χ4n) is 1.02. The third-order valence-electron chi connectivity index (χ3n) is 1.86. The summed E-state index contributed by atoms with van der Waals surface area (Å²) in [6.07, 6.45) is 1.21. The number of thioether (sulfide) groups is 1. The number of esters is 1. The van der Waals surface area contributed by atoms with Crippen molar-refractivity contribution in [1.82, 2.24) is 0 Å². The van der Waals surface area contributed by atoms with E-state index < -0.39 is 4.92 Å². The quantitative estimate of drug-likeness (QED) is 0.194. The van der Waals surface area contributed by atoms with Gasteiger partial charge in [0.1, 0.15) is 0 Å². The molecule has 0 spiro atoms. The van der Waals surface area contributed by atoms with Gasteiger partial charge < -0.3 is 9.94 Å². The van der Waals surface area contributed by atoms with Crippen LogP contribution < -0.4 is 4.73 Å². The van der Waals surface area contributed by atoms with Crippen LogP contribution in [0.1, 0.15) is 6.42 Å². The normalized spacial score (nSPS) is 9.94. The summed E-state index contributed by atoms with van der Waals surface area (Å²) in [5.74, 6) is -0.0591. The zero-order chi connectivity index (χ0) is 12.8. The summed E-state index contributed by atoms with van der Waals surface area (Å²) in [7, 11) is 1.27. The van der Waals surface area contributed by atoms with E-state index in [0.717, 1.165) is 24.0 Å². The van der Waals surface area contributed by atoms with Gasteiger partial charge in [-0.05, 0) is 0 Å². The molecule has 1 aromatic heterocycles. The van der Waals surface area contributed by atoms with Gasteiger partial charge in [0.25, 0.3) is 10.7 Å². The van der Waals surface area contributed by atoms with Crippen molar-refractivity contribution in [3.8, 4) is 0 Å². The number of ether oxygens (including phenoxy) is 1. The lowest BCUT2D eigenvalue weighted by Crippen LogP contribution is -2.28. The van der Waals surface area contributed by atoms with E-state index in [1.807, 2.05) is 0 Å². The first kappa shape index (κ1) is 13.2. The molecule has 0 N–H and O–H groups in total. The minimum absolute atomic E-state index is 0.143. The number of aromatic nitrogens is 1. The summed E-state index contributed by atoms with van der Waals surface area (Å²) in [5.41, 5.74) is -0.155. The van der Waals surface area contributed by atoms with Gasteiger partial charge in [0.2, 0.25) is 0 Å². The molecule has 92 valence electrons. The molecule has 0 aliphatic carbocycles. The summed E-state index contributed by atoms with van der Waals surface area (Å²) in [6.45, 7) is 0. The van der Waals surface area contributed by atoms with Crippen molar-refractivity contribution in [2.45, 2.75) is 11.4 Å². The van der Waals surface area contributed by atoms with E-state index in [9.17, 15) is 20.1 Å². The second-order valence-electron chi connectivity index (χ2n) is 2.98.